The molecule has 0 spiro atoms. The van der Waals surface area contributed by atoms with Crippen LogP contribution < -0.4 is 16.8 Å². The maximum atomic E-state index is 12.0. The number of aryl methyl sites for hydroxylation is 1. The third-order valence-electron chi connectivity index (χ3n) is 2.51. The molecule has 0 atom stereocenters. The lowest BCUT2D eigenvalue weighted by molar-refractivity contribution is 0.681. The van der Waals surface area contributed by atoms with Crippen molar-refractivity contribution in [1.82, 2.24) is 14.5 Å². The Labute approximate surface area is 117 Å². The number of halogens is 1. The van der Waals surface area contributed by atoms with E-state index in [9.17, 15) is 4.79 Å². The molecule has 0 aliphatic carbocycles. The number of anilines is 1. The number of pyridine rings is 1. The molecule has 6 nitrogen and oxygen atoms in total. The third-order valence-corrected chi connectivity index (χ3v) is 3.25. The largest absolute Gasteiger partial charge is 0.324 e. The summed E-state index contributed by atoms with van der Waals surface area (Å²) in [4.78, 5) is 20.4. The van der Waals surface area contributed by atoms with Crippen LogP contribution in [0.15, 0.2) is 29.3 Å². The summed E-state index contributed by atoms with van der Waals surface area (Å²) >= 11 is 1.97. The molecule has 0 saturated heterocycles. The standard InChI is InChI=1S/C11H12IN5O/c1-7-15-5-10(12)11(18)17(7)6-9-4-8(16-13)2-3-14-9/h2-5H,6,13H2,1H3,(H,14,16). The number of hydrogen-bond donors (Lipinski definition) is 2. The van der Waals surface area contributed by atoms with Gasteiger partial charge in [-0.3, -0.25) is 20.2 Å². The average molecular weight is 357 g/mol. The Morgan fingerprint density at radius 3 is 3.00 bits per heavy atom. The maximum Gasteiger partial charge on any atom is 0.267 e. The summed E-state index contributed by atoms with van der Waals surface area (Å²) in [5.41, 5.74) is 3.99. The van der Waals surface area contributed by atoms with E-state index in [0.717, 1.165) is 11.4 Å². The van der Waals surface area contributed by atoms with Crippen LogP contribution in [0.1, 0.15) is 11.5 Å². The lowest BCUT2D eigenvalue weighted by Crippen LogP contribution is -2.26. The Hall–Kier alpha value is -1.48. The molecule has 2 aromatic heterocycles. The van der Waals surface area contributed by atoms with Gasteiger partial charge in [-0.25, -0.2) is 4.98 Å². The monoisotopic (exact) mass is 357 g/mol. The molecule has 0 fully saturated rings. The molecule has 0 aromatic carbocycles. The number of nitrogen functional groups attached to an aromatic ring is 1. The van der Waals surface area contributed by atoms with Crippen LogP contribution in [0.25, 0.3) is 0 Å². The van der Waals surface area contributed by atoms with Gasteiger partial charge in [0.1, 0.15) is 5.82 Å². The van der Waals surface area contributed by atoms with E-state index < -0.39 is 0 Å². The normalized spacial score (nSPS) is 10.4. The van der Waals surface area contributed by atoms with Gasteiger partial charge < -0.3 is 5.43 Å². The number of nitrogens with one attached hydrogen (secondary N) is 1. The molecular formula is C11H12IN5O. The van der Waals surface area contributed by atoms with Crippen LogP contribution >= 0.6 is 22.6 Å². The van der Waals surface area contributed by atoms with Gasteiger partial charge in [0.15, 0.2) is 0 Å². The van der Waals surface area contributed by atoms with Crippen LogP contribution in [0.5, 0.6) is 0 Å². The number of hydrazine groups is 1. The lowest BCUT2D eigenvalue weighted by Gasteiger charge is -2.09. The predicted molar refractivity (Wildman–Crippen MR) is 77.1 cm³/mol. The summed E-state index contributed by atoms with van der Waals surface area (Å²) in [7, 11) is 0. The fourth-order valence-corrected chi connectivity index (χ4v) is 1.98. The van der Waals surface area contributed by atoms with Crippen molar-refractivity contribution >= 4 is 28.3 Å². The van der Waals surface area contributed by atoms with Crippen LogP contribution in [0.3, 0.4) is 0 Å². The lowest BCUT2D eigenvalue weighted by atomic mass is 10.3. The highest BCUT2D eigenvalue weighted by atomic mass is 127. The number of nitrogens with zero attached hydrogens (tertiary/aromatic N) is 3. The second-order valence-corrected chi connectivity index (χ2v) is 4.89. The van der Waals surface area contributed by atoms with Gasteiger partial charge in [-0.05, 0) is 41.6 Å². The second-order valence-electron chi connectivity index (χ2n) is 3.72. The first-order chi connectivity index (χ1) is 8.61. The van der Waals surface area contributed by atoms with E-state index in [1.54, 1.807) is 36.0 Å². The molecule has 0 radical (unpaired) electrons. The minimum Gasteiger partial charge on any atom is -0.324 e. The van der Waals surface area contributed by atoms with E-state index in [2.05, 4.69) is 15.4 Å². The molecule has 18 heavy (non-hydrogen) atoms. The third kappa shape index (κ3) is 2.67. The molecule has 3 N–H and O–H groups in total. The predicted octanol–water partition coefficient (Wildman–Crippen LogP) is 0.885. The zero-order valence-electron chi connectivity index (χ0n) is 9.72. The van der Waals surface area contributed by atoms with Crippen molar-refractivity contribution in [1.29, 1.82) is 0 Å². The first kappa shape index (κ1) is 13.0. The van der Waals surface area contributed by atoms with Crippen LogP contribution in [-0.2, 0) is 6.54 Å². The summed E-state index contributed by atoms with van der Waals surface area (Å²) < 4.78 is 2.18. The quantitative estimate of drug-likeness (QED) is 0.484. The van der Waals surface area contributed by atoms with Crippen molar-refractivity contribution < 1.29 is 0 Å². The van der Waals surface area contributed by atoms with E-state index in [-0.39, 0.29) is 5.56 Å². The Balaban J connectivity index is 2.40. The van der Waals surface area contributed by atoms with Gasteiger partial charge in [0.25, 0.3) is 5.56 Å². The van der Waals surface area contributed by atoms with Crippen LogP contribution in [0, 0.1) is 10.5 Å². The maximum absolute atomic E-state index is 12.0. The number of hydrogen-bond acceptors (Lipinski definition) is 5. The number of aromatic nitrogens is 3. The van der Waals surface area contributed by atoms with Gasteiger partial charge in [-0.2, -0.15) is 0 Å². The van der Waals surface area contributed by atoms with E-state index in [1.807, 2.05) is 22.6 Å². The Bertz CT molecular complexity index is 625. The van der Waals surface area contributed by atoms with Gasteiger partial charge in [0.2, 0.25) is 0 Å². The molecule has 2 rings (SSSR count). The zero-order chi connectivity index (χ0) is 13.1. The van der Waals surface area contributed by atoms with Crippen molar-refractivity contribution in [3.05, 3.63) is 50.0 Å². The van der Waals surface area contributed by atoms with Crippen molar-refractivity contribution in [3.8, 4) is 0 Å². The highest BCUT2D eigenvalue weighted by Crippen LogP contribution is 2.08. The number of rotatable bonds is 3. The van der Waals surface area contributed by atoms with E-state index >= 15 is 0 Å². The fraction of sp³-hybridized carbons (Fsp3) is 0.182. The van der Waals surface area contributed by atoms with Gasteiger partial charge in [0, 0.05) is 12.4 Å². The zero-order valence-corrected chi connectivity index (χ0v) is 11.9. The molecule has 0 aliphatic heterocycles. The first-order valence-corrected chi connectivity index (χ1v) is 6.33. The highest BCUT2D eigenvalue weighted by Gasteiger charge is 2.07. The molecule has 94 valence electrons. The van der Waals surface area contributed by atoms with Crippen LogP contribution in [0.4, 0.5) is 5.69 Å². The molecule has 0 aliphatic rings. The van der Waals surface area contributed by atoms with E-state index in [4.69, 9.17) is 5.84 Å². The van der Waals surface area contributed by atoms with Gasteiger partial charge in [0.05, 0.1) is 21.5 Å². The van der Waals surface area contributed by atoms with Crippen molar-refractivity contribution in [2.45, 2.75) is 13.5 Å². The second kappa shape index (κ2) is 5.44. The highest BCUT2D eigenvalue weighted by molar-refractivity contribution is 14.1. The van der Waals surface area contributed by atoms with Crippen molar-refractivity contribution in [2.24, 2.45) is 5.84 Å². The average Bonchev–Trinajstić information content (AvgIpc) is 2.39. The smallest absolute Gasteiger partial charge is 0.267 e. The molecular weight excluding hydrogens is 345 g/mol. The van der Waals surface area contributed by atoms with Crippen LogP contribution in [0.2, 0.25) is 0 Å². The molecule has 7 heteroatoms. The van der Waals surface area contributed by atoms with Gasteiger partial charge in [-0.15, -0.1) is 0 Å². The minimum absolute atomic E-state index is 0.0592. The summed E-state index contributed by atoms with van der Waals surface area (Å²) in [5, 5.41) is 0. The van der Waals surface area contributed by atoms with E-state index in [0.29, 0.717) is 15.9 Å². The van der Waals surface area contributed by atoms with Gasteiger partial charge in [-0.1, -0.05) is 0 Å². The van der Waals surface area contributed by atoms with Crippen molar-refractivity contribution in [3.63, 3.8) is 0 Å². The first-order valence-electron chi connectivity index (χ1n) is 5.25. The Morgan fingerprint density at radius 1 is 1.50 bits per heavy atom. The van der Waals surface area contributed by atoms with Crippen molar-refractivity contribution in [2.75, 3.05) is 5.43 Å². The SMILES string of the molecule is Cc1ncc(I)c(=O)n1Cc1cc(NN)ccn1. The molecule has 0 bridgehead atoms. The molecule has 0 amide bonds. The summed E-state index contributed by atoms with van der Waals surface area (Å²) in [5.74, 6) is 6.00. The van der Waals surface area contributed by atoms with Crippen LogP contribution in [-0.4, -0.2) is 14.5 Å². The van der Waals surface area contributed by atoms with Gasteiger partial charge >= 0.3 is 0 Å². The Kier molecular flexibility index (Phi) is 3.92. The summed E-state index contributed by atoms with van der Waals surface area (Å²) in [6, 6.07) is 3.55. The summed E-state index contributed by atoms with van der Waals surface area (Å²) in [6.45, 7) is 2.17. The molecule has 0 saturated carbocycles. The van der Waals surface area contributed by atoms with E-state index in [1.165, 1.54) is 0 Å². The topological polar surface area (TPSA) is 85.8 Å². The summed E-state index contributed by atoms with van der Waals surface area (Å²) in [6.07, 6.45) is 3.21. The minimum atomic E-state index is -0.0592. The molecule has 0 unspecified atom stereocenters. The molecule has 2 aromatic rings. The number of nitrogens with two attached hydrogens (primary N) is 1. The Morgan fingerprint density at radius 2 is 2.28 bits per heavy atom. The molecule has 2 heterocycles. The fourth-order valence-electron chi connectivity index (χ4n) is 1.55.